The van der Waals surface area contributed by atoms with Crippen LogP contribution in [-0.4, -0.2) is 40.4 Å². The van der Waals surface area contributed by atoms with Crippen LogP contribution in [0.4, 0.5) is 5.82 Å². The van der Waals surface area contributed by atoms with Crippen molar-refractivity contribution < 1.29 is 4.79 Å². The predicted octanol–water partition coefficient (Wildman–Crippen LogP) is 4.51. The van der Waals surface area contributed by atoms with Crippen molar-refractivity contribution in [3.63, 3.8) is 0 Å². The van der Waals surface area contributed by atoms with Gasteiger partial charge in [-0.15, -0.1) is 0 Å². The van der Waals surface area contributed by atoms with Gasteiger partial charge in [0, 0.05) is 25.7 Å². The number of carbonyl (C=O) groups is 1. The van der Waals surface area contributed by atoms with E-state index in [2.05, 4.69) is 49.4 Å². The summed E-state index contributed by atoms with van der Waals surface area (Å²) in [6.45, 7) is 2.18. The number of fused-ring (bicyclic) bond motifs is 1. The van der Waals surface area contributed by atoms with Crippen molar-refractivity contribution in [1.29, 1.82) is 0 Å². The Bertz CT molecular complexity index is 1150. The van der Waals surface area contributed by atoms with E-state index in [9.17, 15) is 4.79 Å². The van der Waals surface area contributed by atoms with E-state index in [-0.39, 0.29) is 11.8 Å². The fraction of sp³-hybridized carbons (Fsp3) is 0.296. The molecule has 0 saturated carbocycles. The molecule has 0 spiro atoms. The quantitative estimate of drug-likeness (QED) is 0.422. The van der Waals surface area contributed by atoms with Crippen LogP contribution >= 0.6 is 0 Å². The normalized spacial score (nSPS) is 16.4. The SMILES string of the molecule is O=C(CNC(c1ccccc1)c1ccccc1)C[C@@H]1CCCN(c2ncnc3[nH]ccc23)C1. The van der Waals surface area contributed by atoms with E-state index in [1.54, 1.807) is 6.33 Å². The van der Waals surface area contributed by atoms with Gasteiger partial charge in [-0.3, -0.25) is 10.1 Å². The first-order valence-corrected chi connectivity index (χ1v) is 11.7. The highest BCUT2D eigenvalue weighted by molar-refractivity contribution is 5.87. The van der Waals surface area contributed by atoms with Crippen molar-refractivity contribution in [1.82, 2.24) is 20.3 Å². The molecule has 2 aromatic heterocycles. The number of rotatable bonds is 8. The van der Waals surface area contributed by atoms with Gasteiger partial charge in [0.15, 0.2) is 0 Å². The van der Waals surface area contributed by atoms with Gasteiger partial charge in [0.05, 0.1) is 18.0 Å². The number of aromatic amines is 1. The van der Waals surface area contributed by atoms with Gasteiger partial charge in [0.25, 0.3) is 0 Å². The lowest BCUT2D eigenvalue weighted by molar-refractivity contribution is -0.119. The average molecular weight is 440 g/mol. The van der Waals surface area contributed by atoms with E-state index < -0.39 is 0 Å². The zero-order valence-corrected chi connectivity index (χ0v) is 18.7. The number of aromatic nitrogens is 3. The van der Waals surface area contributed by atoms with Crippen molar-refractivity contribution >= 4 is 22.6 Å². The van der Waals surface area contributed by atoms with Gasteiger partial charge in [-0.25, -0.2) is 9.97 Å². The summed E-state index contributed by atoms with van der Waals surface area (Å²) in [6, 6.07) is 22.7. The van der Waals surface area contributed by atoms with Gasteiger partial charge in [-0.05, 0) is 36.0 Å². The molecule has 0 amide bonds. The molecule has 2 aromatic carbocycles. The van der Waals surface area contributed by atoms with Gasteiger partial charge in [-0.2, -0.15) is 0 Å². The second-order valence-electron chi connectivity index (χ2n) is 8.77. The van der Waals surface area contributed by atoms with Crippen molar-refractivity contribution in [2.45, 2.75) is 25.3 Å². The highest BCUT2D eigenvalue weighted by Crippen LogP contribution is 2.28. The first kappa shape index (κ1) is 21.3. The molecule has 5 rings (SSSR count). The average Bonchev–Trinajstić information content (AvgIpc) is 3.35. The Morgan fingerprint density at radius 1 is 1.03 bits per heavy atom. The van der Waals surface area contributed by atoms with E-state index in [0.29, 0.717) is 18.9 Å². The van der Waals surface area contributed by atoms with Gasteiger partial charge in [0.1, 0.15) is 23.6 Å². The molecule has 2 N–H and O–H groups in total. The number of H-pyrrole nitrogens is 1. The lowest BCUT2D eigenvalue weighted by Gasteiger charge is -2.33. The Morgan fingerprint density at radius 2 is 1.76 bits per heavy atom. The molecular formula is C27H29N5O. The van der Waals surface area contributed by atoms with Crippen molar-refractivity contribution in [2.75, 3.05) is 24.5 Å². The van der Waals surface area contributed by atoms with Crippen molar-refractivity contribution in [2.24, 2.45) is 5.92 Å². The number of ketones is 1. The fourth-order valence-electron chi connectivity index (χ4n) is 4.86. The summed E-state index contributed by atoms with van der Waals surface area (Å²) in [6.07, 6.45) is 6.24. The van der Waals surface area contributed by atoms with Crippen LogP contribution in [0, 0.1) is 5.92 Å². The number of Topliss-reactive ketones (excluding diaryl/α,β-unsaturated/α-hetero) is 1. The minimum absolute atomic E-state index is 0.00194. The molecule has 4 aromatic rings. The standard InChI is InChI=1S/C27H29N5O/c33-23(17-29-25(21-9-3-1-4-10-21)22-11-5-2-6-12-22)16-20-8-7-15-32(18-20)27-24-13-14-28-26(24)30-19-31-27/h1-6,9-14,19-20,25,29H,7-8,15-18H2,(H,28,30,31)/t20-/m0/s1. The van der Waals surface area contributed by atoms with E-state index in [0.717, 1.165) is 42.8 Å². The van der Waals surface area contributed by atoms with Crippen LogP contribution in [0.1, 0.15) is 36.4 Å². The van der Waals surface area contributed by atoms with Crippen LogP contribution < -0.4 is 10.2 Å². The summed E-state index contributed by atoms with van der Waals surface area (Å²) in [4.78, 5) is 27.3. The van der Waals surface area contributed by atoms with Crippen LogP contribution in [0.2, 0.25) is 0 Å². The summed E-state index contributed by atoms with van der Waals surface area (Å²) in [5.74, 6) is 1.56. The molecular weight excluding hydrogens is 410 g/mol. The molecule has 0 aliphatic carbocycles. The Balaban J connectivity index is 1.22. The maximum Gasteiger partial charge on any atom is 0.146 e. The molecule has 1 aliphatic heterocycles. The topological polar surface area (TPSA) is 73.9 Å². The van der Waals surface area contributed by atoms with Crippen LogP contribution in [0.15, 0.2) is 79.3 Å². The number of hydrogen-bond donors (Lipinski definition) is 2. The summed E-state index contributed by atoms with van der Waals surface area (Å²) >= 11 is 0. The minimum atomic E-state index is 0.00194. The minimum Gasteiger partial charge on any atom is -0.356 e. The maximum absolute atomic E-state index is 13.0. The number of anilines is 1. The molecule has 33 heavy (non-hydrogen) atoms. The van der Waals surface area contributed by atoms with Crippen LogP contribution in [0.3, 0.4) is 0 Å². The summed E-state index contributed by atoms with van der Waals surface area (Å²) < 4.78 is 0. The maximum atomic E-state index is 13.0. The third-order valence-corrected chi connectivity index (χ3v) is 6.44. The fourth-order valence-corrected chi connectivity index (χ4v) is 4.86. The van der Waals surface area contributed by atoms with Crippen LogP contribution in [-0.2, 0) is 4.79 Å². The third-order valence-electron chi connectivity index (χ3n) is 6.44. The lowest BCUT2D eigenvalue weighted by Crippen LogP contribution is -2.38. The van der Waals surface area contributed by atoms with Gasteiger partial charge >= 0.3 is 0 Å². The largest absolute Gasteiger partial charge is 0.356 e. The molecule has 168 valence electrons. The van der Waals surface area contributed by atoms with Gasteiger partial charge < -0.3 is 9.88 Å². The molecule has 1 aliphatic rings. The second-order valence-corrected chi connectivity index (χ2v) is 8.77. The first-order valence-electron chi connectivity index (χ1n) is 11.7. The number of piperidine rings is 1. The zero-order chi connectivity index (χ0) is 22.5. The Morgan fingerprint density at radius 3 is 2.48 bits per heavy atom. The molecule has 6 nitrogen and oxygen atoms in total. The Labute approximate surface area is 194 Å². The monoisotopic (exact) mass is 439 g/mol. The molecule has 3 heterocycles. The summed E-state index contributed by atoms with van der Waals surface area (Å²) in [7, 11) is 0. The second kappa shape index (κ2) is 9.96. The predicted molar refractivity (Wildman–Crippen MR) is 131 cm³/mol. The summed E-state index contributed by atoms with van der Waals surface area (Å²) in [5.41, 5.74) is 3.19. The molecule has 1 atom stereocenters. The zero-order valence-electron chi connectivity index (χ0n) is 18.7. The number of nitrogens with one attached hydrogen (secondary N) is 2. The molecule has 1 fully saturated rings. The molecule has 6 heteroatoms. The van der Waals surface area contributed by atoms with Crippen molar-refractivity contribution in [3.05, 3.63) is 90.4 Å². The number of carbonyl (C=O) groups excluding carboxylic acids is 1. The molecule has 0 unspecified atom stereocenters. The lowest BCUT2D eigenvalue weighted by atomic mass is 9.92. The Kier molecular flexibility index (Phi) is 6.44. The van der Waals surface area contributed by atoms with E-state index in [1.807, 2.05) is 48.7 Å². The Hall–Kier alpha value is -3.51. The highest BCUT2D eigenvalue weighted by atomic mass is 16.1. The van der Waals surface area contributed by atoms with Crippen LogP contribution in [0.25, 0.3) is 11.0 Å². The number of hydrogen-bond acceptors (Lipinski definition) is 5. The highest BCUT2D eigenvalue weighted by Gasteiger charge is 2.25. The van der Waals surface area contributed by atoms with Crippen molar-refractivity contribution in [3.8, 4) is 0 Å². The van der Waals surface area contributed by atoms with Crippen LogP contribution in [0.5, 0.6) is 0 Å². The number of nitrogens with zero attached hydrogens (tertiary/aromatic N) is 3. The van der Waals surface area contributed by atoms with E-state index >= 15 is 0 Å². The smallest absolute Gasteiger partial charge is 0.146 e. The third kappa shape index (κ3) is 4.96. The molecule has 1 saturated heterocycles. The van der Waals surface area contributed by atoms with E-state index in [1.165, 1.54) is 11.1 Å². The molecule has 0 radical (unpaired) electrons. The van der Waals surface area contributed by atoms with E-state index in [4.69, 9.17) is 0 Å². The number of benzene rings is 2. The molecule has 0 bridgehead atoms. The summed E-state index contributed by atoms with van der Waals surface area (Å²) in [5, 5.41) is 4.56. The van der Waals surface area contributed by atoms with Gasteiger partial charge in [-0.1, -0.05) is 60.7 Å². The first-order chi connectivity index (χ1) is 16.3. The van der Waals surface area contributed by atoms with Gasteiger partial charge in [0.2, 0.25) is 0 Å².